The number of nitrogens with one attached hydrogen (secondary N) is 1. The molecule has 9 heteroatoms. The Morgan fingerprint density at radius 2 is 1.68 bits per heavy atom. The highest BCUT2D eigenvalue weighted by Crippen LogP contribution is 2.39. The number of amides is 4. The highest BCUT2D eigenvalue weighted by Gasteiger charge is 2.37. The van der Waals surface area contributed by atoms with Gasteiger partial charge in [0.05, 0.1) is 16.8 Å². The van der Waals surface area contributed by atoms with E-state index in [9.17, 15) is 14.4 Å². The Kier molecular flexibility index (Phi) is 8.28. The Bertz CT molecular complexity index is 1750. The van der Waals surface area contributed by atoms with Crippen molar-refractivity contribution in [2.45, 2.75) is 27.4 Å². The van der Waals surface area contributed by atoms with Crippen LogP contribution in [0.3, 0.4) is 0 Å². The second-order valence-electron chi connectivity index (χ2n) is 9.52. The first-order valence-electron chi connectivity index (χ1n) is 12.9. The minimum atomic E-state index is -0.800. The Labute approximate surface area is 254 Å². The van der Waals surface area contributed by atoms with E-state index in [4.69, 9.17) is 9.47 Å². The SMILES string of the molecule is CCOc1cc(/C=C2/C(=O)NC(=O)N(c3ccc(Br)cc3C)C2=O)cc(Br)c1OCc1c(C)ccc2ccccc12. The fourth-order valence-electron chi connectivity index (χ4n) is 4.77. The van der Waals surface area contributed by atoms with Gasteiger partial charge in [-0.1, -0.05) is 52.3 Å². The number of fused-ring (bicyclic) bond motifs is 1. The van der Waals surface area contributed by atoms with Gasteiger partial charge in [0.1, 0.15) is 12.2 Å². The molecule has 0 unspecified atom stereocenters. The van der Waals surface area contributed by atoms with E-state index in [2.05, 4.69) is 68.4 Å². The van der Waals surface area contributed by atoms with Gasteiger partial charge in [-0.3, -0.25) is 14.9 Å². The zero-order valence-electron chi connectivity index (χ0n) is 22.6. The molecule has 1 heterocycles. The van der Waals surface area contributed by atoms with E-state index in [1.807, 2.05) is 19.1 Å². The molecule has 0 radical (unpaired) electrons. The van der Waals surface area contributed by atoms with Gasteiger partial charge in [0.2, 0.25) is 0 Å². The number of ether oxygens (including phenoxy) is 2. The molecule has 4 amide bonds. The number of rotatable bonds is 7. The molecule has 0 bridgehead atoms. The molecule has 1 saturated heterocycles. The van der Waals surface area contributed by atoms with Crippen molar-refractivity contribution in [2.24, 2.45) is 0 Å². The lowest BCUT2D eigenvalue weighted by atomic mass is 10.0. The predicted molar refractivity (Wildman–Crippen MR) is 166 cm³/mol. The maximum Gasteiger partial charge on any atom is 0.335 e. The highest BCUT2D eigenvalue weighted by molar-refractivity contribution is 9.10. The van der Waals surface area contributed by atoms with Crippen LogP contribution in [0.4, 0.5) is 10.5 Å². The molecule has 208 valence electrons. The third kappa shape index (κ3) is 5.78. The topological polar surface area (TPSA) is 84.9 Å². The minimum Gasteiger partial charge on any atom is -0.490 e. The number of anilines is 1. The summed E-state index contributed by atoms with van der Waals surface area (Å²) in [5.41, 5.74) is 3.61. The summed E-state index contributed by atoms with van der Waals surface area (Å²) in [6, 6.07) is 20.1. The van der Waals surface area contributed by atoms with Gasteiger partial charge in [-0.15, -0.1) is 0 Å². The Hall–Kier alpha value is -3.95. The first-order valence-corrected chi connectivity index (χ1v) is 14.5. The van der Waals surface area contributed by atoms with Crippen LogP contribution in [0, 0.1) is 13.8 Å². The monoisotopic (exact) mass is 676 g/mol. The molecular formula is C32H26Br2N2O5. The standard InChI is InChI=1S/C32H26Br2N2O5/c1-4-40-28-16-20(14-24-30(37)35-32(39)36(31(24)38)27-12-11-22(33)13-19(27)3)15-26(34)29(28)41-17-25-18(2)9-10-21-7-5-6-8-23(21)25/h5-16H,4,17H2,1-3H3,(H,35,37,39)/b24-14-. The van der Waals surface area contributed by atoms with Crippen molar-refractivity contribution in [3.63, 3.8) is 0 Å². The zero-order chi connectivity index (χ0) is 29.3. The van der Waals surface area contributed by atoms with Crippen LogP contribution in [0.15, 0.2) is 81.2 Å². The number of hydrogen-bond donors (Lipinski definition) is 1. The minimum absolute atomic E-state index is 0.179. The molecule has 1 aliphatic rings. The van der Waals surface area contributed by atoms with Gasteiger partial charge in [0.15, 0.2) is 11.5 Å². The highest BCUT2D eigenvalue weighted by atomic mass is 79.9. The number of nitrogens with zero attached hydrogens (tertiary/aromatic N) is 1. The number of urea groups is 1. The second-order valence-corrected chi connectivity index (χ2v) is 11.3. The van der Waals surface area contributed by atoms with E-state index >= 15 is 0 Å². The summed E-state index contributed by atoms with van der Waals surface area (Å²) < 4.78 is 13.6. The number of halogens is 2. The Morgan fingerprint density at radius 1 is 0.902 bits per heavy atom. The van der Waals surface area contributed by atoms with Crippen molar-refractivity contribution >= 4 is 72.2 Å². The fraction of sp³-hybridized carbons (Fsp3) is 0.156. The van der Waals surface area contributed by atoms with Crippen LogP contribution in [-0.4, -0.2) is 24.5 Å². The third-order valence-corrected chi connectivity index (χ3v) is 7.86. The predicted octanol–water partition coefficient (Wildman–Crippen LogP) is 7.63. The summed E-state index contributed by atoms with van der Waals surface area (Å²) in [5.74, 6) is -0.535. The summed E-state index contributed by atoms with van der Waals surface area (Å²) in [6.45, 7) is 6.39. The van der Waals surface area contributed by atoms with Crippen molar-refractivity contribution in [1.82, 2.24) is 5.32 Å². The van der Waals surface area contributed by atoms with E-state index in [1.165, 1.54) is 6.08 Å². The second kappa shape index (κ2) is 11.9. The van der Waals surface area contributed by atoms with Crippen LogP contribution in [0.1, 0.15) is 29.2 Å². The third-order valence-electron chi connectivity index (χ3n) is 6.78. The summed E-state index contributed by atoms with van der Waals surface area (Å²) in [5, 5.41) is 4.52. The van der Waals surface area contributed by atoms with Crippen LogP contribution in [-0.2, 0) is 16.2 Å². The first-order chi connectivity index (χ1) is 19.7. The molecule has 1 fully saturated rings. The summed E-state index contributed by atoms with van der Waals surface area (Å²) in [6.07, 6.45) is 1.44. The molecule has 0 aromatic heterocycles. The number of carbonyl (C=O) groups excluding carboxylic acids is 3. The molecular weight excluding hydrogens is 652 g/mol. The maximum absolute atomic E-state index is 13.4. The zero-order valence-corrected chi connectivity index (χ0v) is 25.8. The van der Waals surface area contributed by atoms with E-state index in [0.717, 1.165) is 31.3 Å². The van der Waals surface area contributed by atoms with Crippen molar-refractivity contribution in [3.8, 4) is 11.5 Å². The lowest BCUT2D eigenvalue weighted by molar-refractivity contribution is -0.122. The molecule has 41 heavy (non-hydrogen) atoms. The normalized spacial score (nSPS) is 14.5. The Morgan fingerprint density at radius 3 is 2.44 bits per heavy atom. The van der Waals surface area contributed by atoms with Crippen LogP contribution < -0.4 is 19.7 Å². The molecule has 1 N–H and O–H groups in total. The van der Waals surface area contributed by atoms with Crippen molar-refractivity contribution in [1.29, 1.82) is 0 Å². The van der Waals surface area contributed by atoms with Gasteiger partial charge in [-0.25, -0.2) is 9.69 Å². The first kappa shape index (κ1) is 28.6. The van der Waals surface area contributed by atoms with E-state index in [0.29, 0.717) is 46.0 Å². The molecule has 4 aromatic rings. The Balaban J connectivity index is 1.48. The van der Waals surface area contributed by atoms with E-state index in [1.54, 1.807) is 37.3 Å². The van der Waals surface area contributed by atoms with Gasteiger partial charge < -0.3 is 9.47 Å². The van der Waals surface area contributed by atoms with Crippen LogP contribution in [0.2, 0.25) is 0 Å². The van der Waals surface area contributed by atoms with Crippen LogP contribution in [0.5, 0.6) is 11.5 Å². The average molecular weight is 678 g/mol. The fourth-order valence-corrected chi connectivity index (χ4v) is 5.82. The lowest BCUT2D eigenvalue weighted by Gasteiger charge is -2.27. The van der Waals surface area contributed by atoms with Crippen LogP contribution >= 0.6 is 31.9 Å². The summed E-state index contributed by atoms with van der Waals surface area (Å²) in [4.78, 5) is 39.9. The molecule has 4 aromatic carbocycles. The largest absolute Gasteiger partial charge is 0.490 e. The number of carbonyl (C=O) groups is 3. The average Bonchev–Trinajstić information content (AvgIpc) is 2.93. The van der Waals surface area contributed by atoms with Gasteiger partial charge in [0, 0.05) is 10.0 Å². The van der Waals surface area contributed by atoms with Crippen molar-refractivity contribution in [2.75, 3.05) is 11.5 Å². The quantitative estimate of drug-likeness (QED) is 0.161. The number of imide groups is 2. The molecule has 0 spiro atoms. The number of aryl methyl sites for hydroxylation is 2. The van der Waals surface area contributed by atoms with Gasteiger partial charge in [-0.2, -0.15) is 0 Å². The molecule has 0 aliphatic carbocycles. The summed E-state index contributed by atoms with van der Waals surface area (Å²) >= 11 is 6.98. The van der Waals surface area contributed by atoms with Crippen molar-refractivity contribution in [3.05, 3.63) is 104 Å². The van der Waals surface area contributed by atoms with Gasteiger partial charge >= 0.3 is 6.03 Å². The van der Waals surface area contributed by atoms with Crippen LogP contribution in [0.25, 0.3) is 16.8 Å². The molecule has 7 nitrogen and oxygen atoms in total. The molecule has 5 rings (SSSR count). The number of benzene rings is 4. The number of hydrogen-bond acceptors (Lipinski definition) is 5. The molecule has 1 aliphatic heterocycles. The van der Waals surface area contributed by atoms with Gasteiger partial charge in [0.25, 0.3) is 11.8 Å². The molecule has 0 atom stereocenters. The van der Waals surface area contributed by atoms with Gasteiger partial charge in [-0.05, 0) is 101 Å². The van der Waals surface area contributed by atoms with E-state index in [-0.39, 0.29) is 5.57 Å². The maximum atomic E-state index is 13.4. The smallest absolute Gasteiger partial charge is 0.335 e. The summed E-state index contributed by atoms with van der Waals surface area (Å²) in [7, 11) is 0. The van der Waals surface area contributed by atoms with E-state index < -0.39 is 17.8 Å². The number of barbiturate groups is 1. The lowest BCUT2D eigenvalue weighted by Crippen LogP contribution is -2.54. The molecule has 0 saturated carbocycles. The van der Waals surface area contributed by atoms with Crippen molar-refractivity contribution < 1.29 is 23.9 Å².